The lowest BCUT2D eigenvalue weighted by atomic mass is 10.0. The molecule has 1 saturated heterocycles. The van der Waals surface area contributed by atoms with Crippen molar-refractivity contribution in [1.29, 1.82) is 5.41 Å². The van der Waals surface area contributed by atoms with Crippen molar-refractivity contribution in [3.05, 3.63) is 6.42 Å². The van der Waals surface area contributed by atoms with E-state index in [0.717, 1.165) is 24.9 Å². The molecule has 1 heterocycles. The number of fused-ring (bicyclic) bond motifs is 1. The van der Waals surface area contributed by atoms with E-state index in [9.17, 15) is 0 Å². The molecule has 2 rings (SSSR count). The van der Waals surface area contributed by atoms with E-state index in [1.807, 2.05) is 0 Å². The molecule has 1 aliphatic carbocycles. The molecule has 2 fully saturated rings. The zero-order chi connectivity index (χ0) is 6.97. The molecule has 0 aromatic heterocycles. The summed E-state index contributed by atoms with van der Waals surface area (Å²) in [4.78, 5) is 2.13. The van der Waals surface area contributed by atoms with Crippen LogP contribution in [0.2, 0.25) is 0 Å². The lowest BCUT2D eigenvalue weighted by molar-refractivity contribution is 0.489. The Morgan fingerprint density at radius 1 is 1.30 bits per heavy atom. The van der Waals surface area contributed by atoms with E-state index < -0.39 is 0 Å². The van der Waals surface area contributed by atoms with E-state index in [4.69, 9.17) is 5.41 Å². The molecule has 2 heteroatoms. The van der Waals surface area contributed by atoms with Crippen molar-refractivity contribution >= 4 is 6.34 Å². The minimum atomic E-state index is 0.876. The van der Waals surface area contributed by atoms with E-state index in [1.165, 1.54) is 19.2 Å². The van der Waals surface area contributed by atoms with E-state index in [1.54, 1.807) is 0 Å². The fraction of sp³-hybridized carbons (Fsp3) is 0.750. The van der Waals surface area contributed by atoms with Crippen LogP contribution in [0.3, 0.4) is 0 Å². The molecule has 55 valence electrons. The van der Waals surface area contributed by atoms with Gasteiger partial charge in [0.2, 0.25) is 0 Å². The summed E-state index contributed by atoms with van der Waals surface area (Å²) < 4.78 is 0. The predicted molar refractivity (Wildman–Crippen MR) is 40.9 cm³/mol. The molecular weight excluding hydrogens is 124 g/mol. The van der Waals surface area contributed by atoms with Gasteiger partial charge in [0.05, 0.1) is 6.34 Å². The van der Waals surface area contributed by atoms with Gasteiger partial charge < -0.3 is 4.90 Å². The molecule has 1 aliphatic heterocycles. The monoisotopic (exact) mass is 137 g/mol. The van der Waals surface area contributed by atoms with Crippen molar-refractivity contribution in [1.82, 2.24) is 4.90 Å². The lowest BCUT2D eigenvalue weighted by Crippen LogP contribution is -2.18. The first-order valence-electron chi connectivity index (χ1n) is 3.96. The lowest BCUT2D eigenvalue weighted by Gasteiger charge is -2.10. The molecule has 0 amide bonds. The second-order valence-corrected chi connectivity index (χ2v) is 3.36. The van der Waals surface area contributed by atoms with E-state index in [0.29, 0.717) is 0 Å². The molecular formula is C8H13N2. The maximum atomic E-state index is 7.07. The van der Waals surface area contributed by atoms with Gasteiger partial charge in [-0.05, 0) is 31.1 Å². The van der Waals surface area contributed by atoms with Crippen molar-refractivity contribution in [3.63, 3.8) is 0 Å². The second kappa shape index (κ2) is 2.26. The van der Waals surface area contributed by atoms with Gasteiger partial charge in [-0.3, -0.25) is 5.41 Å². The molecule has 0 unspecified atom stereocenters. The number of likely N-dealkylation sites (tertiary alicyclic amines) is 1. The molecule has 2 atom stereocenters. The van der Waals surface area contributed by atoms with Gasteiger partial charge in [-0.25, -0.2) is 0 Å². The molecule has 1 radical (unpaired) electrons. The molecule has 1 saturated carbocycles. The Labute approximate surface area is 61.7 Å². The van der Waals surface area contributed by atoms with E-state index >= 15 is 0 Å². The zero-order valence-corrected chi connectivity index (χ0v) is 6.09. The Balaban J connectivity index is 1.99. The molecule has 0 spiro atoms. The highest BCUT2D eigenvalue weighted by Crippen LogP contribution is 2.36. The van der Waals surface area contributed by atoms with Gasteiger partial charge in [-0.15, -0.1) is 0 Å². The van der Waals surface area contributed by atoms with Gasteiger partial charge in [-0.1, -0.05) is 0 Å². The van der Waals surface area contributed by atoms with Crippen LogP contribution < -0.4 is 0 Å². The molecule has 10 heavy (non-hydrogen) atoms. The third-order valence-corrected chi connectivity index (χ3v) is 2.73. The van der Waals surface area contributed by atoms with Crippen LogP contribution in [-0.2, 0) is 0 Å². The Kier molecular flexibility index (Phi) is 1.40. The Morgan fingerprint density at radius 2 is 1.90 bits per heavy atom. The van der Waals surface area contributed by atoms with Crippen LogP contribution >= 0.6 is 0 Å². The Bertz CT molecular complexity index is 132. The largest absolute Gasteiger partial charge is 0.363 e. The first kappa shape index (κ1) is 6.20. The van der Waals surface area contributed by atoms with Crippen molar-refractivity contribution in [2.45, 2.75) is 12.8 Å². The van der Waals surface area contributed by atoms with Crippen molar-refractivity contribution in [2.75, 3.05) is 13.1 Å². The summed E-state index contributed by atoms with van der Waals surface area (Å²) in [7, 11) is 0. The van der Waals surface area contributed by atoms with Crippen LogP contribution in [0.15, 0.2) is 0 Å². The van der Waals surface area contributed by atoms with Crippen LogP contribution in [0, 0.1) is 23.7 Å². The third-order valence-electron chi connectivity index (χ3n) is 2.73. The van der Waals surface area contributed by atoms with Crippen LogP contribution in [-0.4, -0.2) is 24.3 Å². The second-order valence-electron chi connectivity index (χ2n) is 3.36. The highest BCUT2D eigenvalue weighted by Gasteiger charge is 2.34. The number of nitrogens with zero attached hydrogens (tertiary/aromatic N) is 1. The highest BCUT2D eigenvalue weighted by atomic mass is 15.2. The maximum absolute atomic E-state index is 7.07. The van der Waals surface area contributed by atoms with Crippen LogP contribution in [0.25, 0.3) is 0 Å². The number of hydrogen-bond donors (Lipinski definition) is 1. The van der Waals surface area contributed by atoms with Crippen molar-refractivity contribution in [2.24, 2.45) is 11.8 Å². The van der Waals surface area contributed by atoms with E-state index in [2.05, 4.69) is 11.3 Å². The maximum Gasteiger partial charge on any atom is 0.0817 e. The van der Waals surface area contributed by atoms with Crippen molar-refractivity contribution in [3.8, 4) is 0 Å². The highest BCUT2D eigenvalue weighted by molar-refractivity contribution is 5.51. The number of hydrogen-bond acceptors (Lipinski definition) is 1. The molecule has 2 aliphatic rings. The summed E-state index contributed by atoms with van der Waals surface area (Å²) in [6, 6.07) is 0. The van der Waals surface area contributed by atoms with Gasteiger partial charge in [-0.2, -0.15) is 0 Å². The fourth-order valence-electron chi connectivity index (χ4n) is 2.14. The average Bonchev–Trinajstić information content (AvgIpc) is 2.42. The first-order chi connectivity index (χ1) is 4.90. The normalized spacial score (nSPS) is 38.2. The molecule has 1 N–H and O–H groups in total. The van der Waals surface area contributed by atoms with Gasteiger partial charge >= 0.3 is 0 Å². The summed E-state index contributed by atoms with van der Waals surface area (Å²) >= 11 is 0. The number of rotatable bonds is 1. The van der Waals surface area contributed by atoms with Gasteiger partial charge in [0.1, 0.15) is 0 Å². The van der Waals surface area contributed by atoms with Gasteiger partial charge in [0, 0.05) is 13.1 Å². The average molecular weight is 137 g/mol. The van der Waals surface area contributed by atoms with Crippen LogP contribution in [0.1, 0.15) is 12.8 Å². The fourth-order valence-corrected chi connectivity index (χ4v) is 2.14. The van der Waals surface area contributed by atoms with Crippen molar-refractivity contribution < 1.29 is 0 Å². The molecule has 2 nitrogen and oxygen atoms in total. The Hall–Kier alpha value is -0.530. The number of nitrogens with one attached hydrogen (secondary N) is 1. The smallest absolute Gasteiger partial charge is 0.0817 e. The minimum absolute atomic E-state index is 0.876. The quantitative estimate of drug-likeness (QED) is 0.426. The van der Waals surface area contributed by atoms with Crippen LogP contribution in [0.5, 0.6) is 0 Å². The summed E-state index contributed by atoms with van der Waals surface area (Å²) in [6.45, 7) is 2.26. The molecule has 0 aromatic rings. The van der Waals surface area contributed by atoms with E-state index in [-0.39, 0.29) is 0 Å². The third kappa shape index (κ3) is 0.825. The summed E-state index contributed by atoms with van der Waals surface area (Å²) in [5.74, 6) is 1.75. The minimum Gasteiger partial charge on any atom is -0.363 e. The molecule has 0 bridgehead atoms. The summed E-state index contributed by atoms with van der Waals surface area (Å²) in [5, 5.41) is 7.07. The SMILES string of the molecule is N=CN1C[C@H]2C[CH]C[C@H]2C1. The van der Waals surface area contributed by atoms with Crippen LogP contribution in [0.4, 0.5) is 0 Å². The topological polar surface area (TPSA) is 27.1 Å². The molecule has 0 aromatic carbocycles. The standard InChI is InChI=1S/C8H13N2/c9-6-10-4-7-2-1-3-8(7)5-10/h1,6-9H,2-5H2/t7-,8+. The van der Waals surface area contributed by atoms with Gasteiger partial charge in [0.25, 0.3) is 0 Å². The van der Waals surface area contributed by atoms with Gasteiger partial charge in [0.15, 0.2) is 0 Å². The predicted octanol–water partition coefficient (Wildman–Crippen LogP) is 1.14. The first-order valence-corrected chi connectivity index (χ1v) is 3.96. The summed E-state index contributed by atoms with van der Waals surface area (Å²) in [6.07, 6.45) is 6.46. The zero-order valence-electron chi connectivity index (χ0n) is 6.09. The summed E-state index contributed by atoms with van der Waals surface area (Å²) in [5.41, 5.74) is 0. The Morgan fingerprint density at radius 3 is 2.40 bits per heavy atom.